The van der Waals surface area contributed by atoms with E-state index in [-0.39, 0.29) is 0 Å². The summed E-state index contributed by atoms with van der Waals surface area (Å²) in [5, 5.41) is 0. The highest BCUT2D eigenvalue weighted by atomic mass is 15.3. The van der Waals surface area contributed by atoms with Crippen LogP contribution in [0.5, 0.6) is 0 Å². The fraction of sp³-hybridized carbons (Fsp3) is 0.250. The molecule has 146 valence electrons. The van der Waals surface area contributed by atoms with Gasteiger partial charge in [0, 0.05) is 38.9 Å². The highest BCUT2D eigenvalue weighted by Crippen LogP contribution is 2.20. The van der Waals surface area contributed by atoms with E-state index in [1.54, 1.807) is 0 Å². The van der Waals surface area contributed by atoms with Crippen molar-refractivity contribution >= 4 is 16.9 Å². The number of para-hydroxylation sites is 2. The van der Waals surface area contributed by atoms with E-state index in [2.05, 4.69) is 86.1 Å². The first-order chi connectivity index (χ1) is 14.4. The molecule has 3 heterocycles. The molecule has 0 aliphatic carbocycles. The van der Waals surface area contributed by atoms with E-state index in [1.165, 1.54) is 11.1 Å². The normalized spacial score (nSPS) is 15.1. The fourth-order valence-corrected chi connectivity index (χ4v) is 4.06. The molecule has 0 amide bonds. The molecule has 0 spiro atoms. The van der Waals surface area contributed by atoms with Crippen LogP contribution in [-0.2, 0) is 13.1 Å². The number of hydrogen-bond donors (Lipinski definition) is 0. The molecule has 1 aliphatic heterocycles. The van der Waals surface area contributed by atoms with Gasteiger partial charge in [-0.2, -0.15) is 0 Å². The Balaban J connectivity index is 1.35. The summed E-state index contributed by atoms with van der Waals surface area (Å²) in [7, 11) is 0. The van der Waals surface area contributed by atoms with Crippen LogP contribution in [0.2, 0.25) is 0 Å². The number of pyridine rings is 1. The maximum atomic E-state index is 4.98. The molecule has 0 radical (unpaired) electrons. The van der Waals surface area contributed by atoms with Crippen LogP contribution >= 0.6 is 0 Å². The number of fused-ring (bicyclic) bond motifs is 1. The molecule has 5 nitrogen and oxygen atoms in total. The van der Waals surface area contributed by atoms with Crippen molar-refractivity contribution in [1.29, 1.82) is 0 Å². The minimum absolute atomic E-state index is 0.852. The highest BCUT2D eigenvalue weighted by Gasteiger charge is 2.20. The SMILES string of the molecule is c1ccc(Cn2c(CN3CCN(c4ccccn4)CC3)nc3ccccc32)cc1. The molecule has 0 atom stereocenters. The Morgan fingerprint density at radius 3 is 2.28 bits per heavy atom. The molecule has 1 aliphatic rings. The van der Waals surface area contributed by atoms with Crippen LogP contribution in [-0.4, -0.2) is 45.6 Å². The van der Waals surface area contributed by atoms with Gasteiger partial charge in [-0.1, -0.05) is 48.5 Å². The number of nitrogens with zero attached hydrogens (tertiary/aromatic N) is 5. The third kappa shape index (κ3) is 3.87. The predicted molar refractivity (Wildman–Crippen MR) is 117 cm³/mol. The third-order valence-corrected chi connectivity index (χ3v) is 5.63. The van der Waals surface area contributed by atoms with Crippen molar-refractivity contribution < 1.29 is 0 Å². The van der Waals surface area contributed by atoms with Gasteiger partial charge in [-0.3, -0.25) is 4.90 Å². The van der Waals surface area contributed by atoms with E-state index < -0.39 is 0 Å². The first-order valence-electron chi connectivity index (χ1n) is 10.2. The Hall–Kier alpha value is -3.18. The average molecular weight is 383 g/mol. The quantitative estimate of drug-likeness (QED) is 0.525. The number of hydrogen-bond acceptors (Lipinski definition) is 4. The molecule has 0 N–H and O–H groups in total. The lowest BCUT2D eigenvalue weighted by Gasteiger charge is -2.35. The zero-order chi connectivity index (χ0) is 19.5. The lowest BCUT2D eigenvalue weighted by Crippen LogP contribution is -2.46. The number of piperazine rings is 1. The maximum absolute atomic E-state index is 4.98. The van der Waals surface area contributed by atoms with Crippen molar-refractivity contribution in [1.82, 2.24) is 19.4 Å². The molecular formula is C24H25N5. The molecule has 2 aromatic carbocycles. The van der Waals surface area contributed by atoms with E-state index in [9.17, 15) is 0 Å². The molecule has 0 saturated carbocycles. The lowest BCUT2D eigenvalue weighted by molar-refractivity contribution is 0.241. The third-order valence-electron chi connectivity index (χ3n) is 5.63. The number of rotatable bonds is 5. The van der Waals surface area contributed by atoms with Crippen molar-refractivity contribution in [2.75, 3.05) is 31.1 Å². The fourth-order valence-electron chi connectivity index (χ4n) is 4.06. The van der Waals surface area contributed by atoms with Gasteiger partial charge in [-0.05, 0) is 29.8 Å². The Morgan fingerprint density at radius 2 is 1.48 bits per heavy atom. The van der Waals surface area contributed by atoms with Crippen LogP contribution < -0.4 is 4.90 Å². The van der Waals surface area contributed by atoms with Crippen molar-refractivity contribution in [2.24, 2.45) is 0 Å². The number of anilines is 1. The second kappa shape index (κ2) is 8.05. The summed E-state index contributed by atoms with van der Waals surface area (Å²) >= 11 is 0. The van der Waals surface area contributed by atoms with Gasteiger partial charge in [0.15, 0.2) is 0 Å². The molecule has 5 rings (SSSR count). The van der Waals surface area contributed by atoms with Gasteiger partial charge < -0.3 is 9.47 Å². The molecule has 29 heavy (non-hydrogen) atoms. The smallest absolute Gasteiger partial charge is 0.128 e. The molecule has 1 fully saturated rings. The second-order valence-corrected chi connectivity index (χ2v) is 7.54. The van der Waals surface area contributed by atoms with E-state index in [4.69, 9.17) is 4.98 Å². The number of benzene rings is 2. The zero-order valence-electron chi connectivity index (χ0n) is 16.5. The first-order valence-corrected chi connectivity index (χ1v) is 10.2. The van der Waals surface area contributed by atoms with Gasteiger partial charge in [0.1, 0.15) is 11.6 Å². The lowest BCUT2D eigenvalue weighted by atomic mass is 10.2. The maximum Gasteiger partial charge on any atom is 0.128 e. The van der Waals surface area contributed by atoms with E-state index in [1.807, 2.05) is 12.3 Å². The Morgan fingerprint density at radius 1 is 0.724 bits per heavy atom. The van der Waals surface area contributed by atoms with Gasteiger partial charge >= 0.3 is 0 Å². The zero-order valence-corrected chi connectivity index (χ0v) is 16.5. The van der Waals surface area contributed by atoms with Crippen LogP contribution in [0.1, 0.15) is 11.4 Å². The van der Waals surface area contributed by atoms with Gasteiger partial charge in [0.2, 0.25) is 0 Å². The second-order valence-electron chi connectivity index (χ2n) is 7.54. The predicted octanol–water partition coefficient (Wildman–Crippen LogP) is 3.80. The summed E-state index contributed by atoms with van der Waals surface area (Å²) in [5.74, 6) is 2.21. The summed E-state index contributed by atoms with van der Waals surface area (Å²) in [6.45, 7) is 5.75. The Labute approximate surface area is 171 Å². The van der Waals surface area contributed by atoms with Crippen LogP contribution in [0.25, 0.3) is 11.0 Å². The Bertz CT molecular complexity index is 1070. The standard InChI is InChI=1S/C24H25N5/c1-2-8-20(9-3-1)18-29-22-11-5-4-10-21(22)26-24(29)19-27-14-16-28(17-15-27)23-12-6-7-13-25-23/h1-13H,14-19H2. The summed E-state index contributed by atoms with van der Waals surface area (Å²) in [6.07, 6.45) is 1.87. The summed E-state index contributed by atoms with van der Waals surface area (Å²) < 4.78 is 2.37. The monoisotopic (exact) mass is 383 g/mol. The van der Waals surface area contributed by atoms with Crippen LogP contribution in [0.15, 0.2) is 79.0 Å². The number of imidazole rings is 1. The van der Waals surface area contributed by atoms with E-state index in [0.717, 1.165) is 56.4 Å². The van der Waals surface area contributed by atoms with Gasteiger partial charge in [0.05, 0.1) is 17.6 Å². The molecule has 4 aromatic rings. The molecular weight excluding hydrogens is 358 g/mol. The molecule has 0 bridgehead atoms. The van der Waals surface area contributed by atoms with Crippen LogP contribution in [0.3, 0.4) is 0 Å². The largest absolute Gasteiger partial charge is 0.354 e. The summed E-state index contributed by atoms with van der Waals surface area (Å²) in [5.41, 5.74) is 3.58. The van der Waals surface area contributed by atoms with Gasteiger partial charge in [-0.25, -0.2) is 9.97 Å². The molecule has 1 saturated heterocycles. The summed E-state index contributed by atoms with van der Waals surface area (Å²) in [6, 6.07) is 25.2. The minimum Gasteiger partial charge on any atom is -0.354 e. The van der Waals surface area contributed by atoms with Crippen molar-refractivity contribution in [2.45, 2.75) is 13.1 Å². The molecule has 0 unspecified atom stereocenters. The minimum atomic E-state index is 0.852. The van der Waals surface area contributed by atoms with Gasteiger partial charge in [0.25, 0.3) is 0 Å². The summed E-state index contributed by atoms with van der Waals surface area (Å²) in [4.78, 5) is 14.3. The van der Waals surface area contributed by atoms with E-state index in [0.29, 0.717) is 0 Å². The highest BCUT2D eigenvalue weighted by molar-refractivity contribution is 5.76. The van der Waals surface area contributed by atoms with E-state index >= 15 is 0 Å². The molecule has 5 heteroatoms. The Kier molecular flexibility index (Phi) is 4.97. The number of aromatic nitrogens is 3. The topological polar surface area (TPSA) is 37.2 Å². The first kappa shape index (κ1) is 17.9. The van der Waals surface area contributed by atoms with Crippen molar-refractivity contribution in [3.05, 3.63) is 90.4 Å². The van der Waals surface area contributed by atoms with Crippen LogP contribution in [0.4, 0.5) is 5.82 Å². The van der Waals surface area contributed by atoms with Crippen molar-refractivity contribution in [3.8, 4) is 0 Å². The molecule has 2 aromatic heterocycles. The van der Waals surface area contributed by atoms with Crippen molar-refractivity contribution in [3.63, 3.8) is 0 Å². The van der Waals surface area contributed by atoms with Crippen LogP contribution in [0, 0.1) is 0 Å². The van der Waals surface area contributed by atoms with Gasteiger partial charge in [-0.15, -0.1) is 0 Å². The average Bonchev–Trinajstić information content (AvgIpc) is 3.12.